The van der Waals surface area contributed by atoms with Gasteiger partial charge in [-0.25, -0.2) is 0 Å². The molecule has 2 atom stereocenters. The number of hydrogen-bond donors (Lipinski definition) is 2. The highest BCUT2D eigenvalue weighted by molar-refractivity contribution is 5.67. The molecule has 0 unspecified atom stereocenters. The molecular formula is C6H10N2O3. The van der Waals surface area contributed by atoms with Gasteiger partial charge < -0.3 is 15.2 Å². The molecule has 0 radical (unpaired) electrons. The predicted octanol–water partition coefficient (Wildman–Crippen LogP) is 0.454. The van der Waals surface area contributed by atoms with E-state index in [9.17, 15) is 0 Å². The van der Waals surface area contributed by atoms with Crippen molar-refractivity contribution in [2.75, 3.05) is 0 Å². The van der Waals surface area contributed by atoms with Crippen molar-refractivity contribution in [1.82, 2.24) is 0 Å². The van der Waals surface area contributed by atoms with Crippen LogP contribution in [0.15, 0.2) is 10.3 Å². The molecule has 2 N–H and O–H groups in total. The first-order valence-corrected chi connectivity index (χ1v) is 3.37. The fourth-order valence-electron chi connectivity index (χ4n) is 1.06. The summed E-state index contributed by atoms with van der Waals surface area (Å²) in [6.45, 7) is 0. The molecule has 0 aliphatic carbocycles. The summed E-state index contributed by atoms with van der Waals surface area (Å²) in [6.07, 6.45) is 3.93. The van der Waals surface area contributed by atoms with Crippen LogP contribution >= 0.6 is 0 Å². The van der Waals surface area contributed by atoms with Crippen LogP contribution in [0, 0.1) is 0 Å². The molecule has 0 aromatic heterocycles. The van der Waals surface area contributed by atoms with Crippen molar-refractivity contribution >= 4 is 12.4 Å². The quantitative estimate of drug-likeness (QED) is 0.348. The Bertz CT molecular complexity index is 151. The summed E-state index contributed by atoms with van der Waals surface area (Å²) < 4.78 is 5.22. The second-order valence-electron chi connectivity index (χ2n) is 2.32. The Morgan fingerprint density at radius 1 is 1.09 bits per heavy atom. The third-order valence-corrected chi connectivity index (χ3v) is 1.55. The minimum atomic E-state index is -0.150. The van der Waals surface area contributed by atoms with Crippen LogP contribution in [0.2, 0.25) is 0 Å². The molecule has 1 rings (SSSR count). The fourth-order valence-corrected chi connectivity index (χ4v) is 1.06. The lowest BCUT2D eigenvalue weighted by molar-refractivity contribution is 0.124. The van der Waals surface area contributed by atoms with E-state index in [2.05, 4.69) is 10.3 Å². The molecule has 0 saturated carbocycles. The monoisotopic (exact) mass is 158 g/mol. The lowest BCUT2D eigenvalue weighted by Gasteiger charge is -2.02. The fraction of sp³-hybridized carbons (Fsp3) is 0.667. The first kappa shape index (κ1) is 8.00. The van der Waals surface area contributed by atoms with E-state index >= 15 is 0 Å². The minimum absolute atomic E-state index is 0.150. The smallest absolute Gasteiger partial charge is 0.0969 e. The van der Waals surface area contributed by atoms with Crippen LogP contribution in [0.1, 0.15) is 12.8 Å². The first-order chi connectivity index (χ1) is 5.36. The van der Waals surface area contributed by atoms with E-state index < -0.39 is 0 Å². The molecular weight excluding hydrogens is 148 g/mol. The third-order valence-electron chi connectivity index (χ3n) is 1.55. The second-order valence-corrected chi connectivity index (χ2v) is 2.32. The van der Waals surface area contributed by atoms with Crippen LogP contribution in [-0.4, -0.2) is 35.1 Å². The summed E-state index contributed by atoms with van der Waals surface area (Å²) in [5.41, 5.74) is 0. The molecule has 5 heteroatoms. The van der Waals surface area contributed by atoms with Crippen molar-refractivity contribution in [3.63, 3.8) is 0 Å². The zero-order valence-electron chi connectivity index (χ0n) is 5.92. The molecule has 5 nitrogen and oxygen atoms in total. The number of oxime groups is 2. The number of rotatable bonds is 2. The number of nitrogens with zero attached hydrogens (tertiary/aromatic N) is 2. The predicted molar refractivity (Wildman–Crippen MR) is 38.5 cm³/mol. The summed E-state index contributed by atoms with van der Waals surface area (Å²) in [5, 5.41) is 22.0. The summed E-state index contributed by atoms with van der Waals surface area (Å²) in [4.78, 5) is 0. The lowest BCUT2D eigenvalue weighted by Crippen LogP contribution is -2.12. The van der Waals surface area contributed by atoms with E-state index in [0.29, 0.717) is 0 Å². The molecule has 0 spiro atoms. The van der Waals surface area contributed by atoms with Gasteiger partial charge in [0, 0.05) is 0 Å². The third kappa shape index (κ3) is 2.19. The highest BCUT2D eigenvalue weighted by Crippen LogP contribution is 2.16. The Morgan fingerprint density at radius 3 is 1.91 bits per heavy atom. The molecule has 0 aromatic carbocycles. The van der Waals surface area contributed by atoms with Gasteiger partial charge in [0.25, 0.3) is 0 Å². The average molecular weight is 158 g/mol. The van der Waals surface area contributed by atoms with E-state index in [0.717, 1.165) is 12.8 Å². The average Bonchev–Trinajstić information content (AvgIpc) is 2.38. The Hall–Kier alpha value is -1.10. The molecule has 1 heterocycles. The number of ether oxygens (including phenoxy) is 1. The minimum Gasteiger partial charge on any atom is -0.411 e. The van der Waals surface area contributed by atoms with Crippen LogP contribution in [-0.2, 0) is 4.74 Å². The van der Waals surface area contributed by atoms with Crippen LogP contribution in [0.5, 0.6) is 0 Å². The molecule has 1 aliphatic rings. The van der Waals surface area contributed by atoms with Gasteiger partial charge in [0.05, 0.1) is 24.6 Å². The molecule has 0 amide bonds. The lowest BCUT2D eigenvalue weighted by atomic mass is 10.2. The summed E-state index contributed by atoms with van der Waals surface area (Å²) in [5.74, 6) is 0. The Labute approximate surface area is 64.0 Å². The molecule has 62 valence electrons. The van der Waals surface area contributed by atoms with E-state index in [-0.39, 0.29) is 12.2 Å². The van der Waals surface area contributed by atoms with Gasteiger partial charge in [-0.15, -0.1) is 0 Å². The van der Waals surface area contributed by atoms with Gasteiger partial charge in [0.15, 0.2) is 0 Å². The Morgan fingerprint density at radius 2 is 1.55 bits per heavy atom. The van der Waals surface area contributed by atoms with Gasteiger partial charge in [-0.3, -0.25) is 0 Å². The van der Waals surface area contributed by atoms with Crippen LogP contribution in [0.4, 0.5) is 0 Å². The molecule has 0 aromatic rings. The van der Waals surface area contributed by atoms with E-state index in [1.807, 2.05) is 0 Å². The van der Waals surface area contributed by atoms with Crippen molar-refractivity contribution < 1.29 is 15.2 Å². The Balaban J connectivity index is 2.34. The maximum Gasteiger partial charge on any atom is 0.0969 e. The summed E-state index contributed by atoms with van der Waals surface area (Å²) in [7, 11) is 0. The van der Waals surface area contributed by atoms with Crippen molar-refractivity contribution in [2.45, 2.75) is 25.0 Å². The molecule has 0 bridgehead atoms. The van der Waals surface area contributed by atoms with E-state index in [1.54, 1.807) is 0 Å². The Kier molecular flexibility index (Phi) is 2.85. The van der Waals surface area contributed by atoms with Crippen molar-refractivity contribution in [1.29, 1.82) is 0 Å². The highest BCUT2D eigenvalue weighted by Gasteiger charge is 2.22. The van der Waals surface area contributed by atoms with Gasteiger partial charge in [-0.1, -0.05) is 10.3 Å². The highest BCUT2D eigenvalue weighted by atomic mass is 16.5. The number of hydrogen-bond acceptors (Lipinski definition) is 5. The van der Waals surface area contributed by atoms with Gasteiger partial charge in [0.1, 0.15) is 0 Å². The van der Waals surface area contributed by atoms with Gasteiger partial charge in [-0.05, 0) is 12.8 Å². The van der Waals surface area contributed by atoms with E-state index in [1.165, 1.54) is 12.4 Å². The first-order valence-electron chi connectivity index (χ1n) is 3.37. The van der Waals surface area contributed by atoms with Crippen LogP contribution in [0.25, 0.3) is 0 Å². The zero-order valence-corrected chi connectivity index (χ0v) is 5.92. The molecule has 1 fully saturated rings. The van der Waals surface area contributed by atoms with Gasteiger partial charge in [0.2, 0.25) is 0 Å². The maximum absolute atomic E-state index is 8.15. The molecule has 11 heavy (non-hydrogen) atoms. The van der Waals surface area contributed by atoms with Crippen LogP contribution < -0.4 is 0 Å². The van der Waals surface area contributed by atoms with Gasteiger partial charge >= 0.3 is 0 Å². The topological polar surface area (TPSA) is 74.4 Å². The molecule has 1 saturated heterocycles. The van der Waals surface area contributed by atoms with Crippen LogP contribution in [0.3, 0.4) is 0 Å². The van der Waals surface area contributed by atoms with Gasteiger partial charge in [-0.2, -0.15) is 0 Å². The maximum atomic E-state index is 8.15. The largest absolute Gasteiger partial charge is 0.411 e. The van der Waals surface area contributed by atoms with Crippen molar-refractivity contribution in [2.24, 2.45) is 10.3 Å². The summed E-state index contributed by atoms with van der Waals surface area (Å²) >= 11 is 0. The van der Waals surface area contributed by atoms with E-state index in [4.69, 9.17) is 15.2 Å². The van der Waals surface area contributed by atoms with Crippen molar-refractivity contribution in [3.8, 4) is 0 Å². The SMILES string of the molecule is O/N=C/[C@@H]1CC[C@H](/C=N/O)O1. The normalized spacial score (nSPS) is 32.4. The summed E-state index contributed by atoms with van der Waals surface area (Å²) in [6, 6.07) is 0. The van der Waals surface area contributed by atoms with Crippen molar-refractivity contribution in [3.05, 3.63) is 0 Å². The second kappa shape index (κ2) is 3.92. The molecule has 1 aliphatic heterocycles. The standard InChI is InChI=1S/C6H10N2O3/c9-7-3-5-1-2-6(11-5)4-8-10/h3-6,9-10H,1-2H2/b7-3+,8-4+/t5-,6+. The zero-order chi connectivity index (χ0) is 8.10.